The minimum absolute atomic E-state index is 0.295. The highest BCUT2D eigenvalue weighted by molar-refractivity contribution is 9.10. The molecule has 1 N–H and O–H groups in total. The van der Waals surface area contributed by atoms with E-state index in [9.17, 15) is 4.39 Å². The number of rotatable bonds is 7. The Kier molecular flexibility index (Phi) is 5.82. The lowest BCUT2D eigenvalue weighted by Gasteiger charge is -2.09. The minimum atomic E-state index is -0.295. The summed E-state index contributed by atoms with van der Waals surface area (Å²) in [5.74, 6) is 1.78. The van der Waals surface area contributed by atoms with Crippen LogP contribution in [0.4, 0.5) is 4.39 Å². The zero-order valence-corrected chi connectivity index (χ0v) is 13.7. The highest BCUT2D eigenvalue weighted by Gasteiger charge is 2.09. The summed E-state index contributed by atoms with van der Waals surface area (Å²) in [7, 11) is 0. The van der Waals surface area contributed by atoms with Crippen LogP contribution in [0.15, 0.2) is 39.4 Å². The van der Waals surface area contributed by atoms with Gasteiger partial charge in [-0.15, -0.1) is 0 Å². The predicted octanol–water partition coefficient (Wildman–Crippen LogP) is 4.51. The van der Waals surface area contributed by atoms with Crippen molar-refractivity contribution in [3.8, 4) is 5.75 Å². The van der Waals surface area contributed by atoms with Crippen LogP contribution in [0.2, 0.25) is 0 Å². The summed E-state index contributed by atoms with van der Waals surface area (Å²) >= 11 is 3.29. The number of hydrogen-bond acceptors (Lipinski definition) is 3. The highest BCUT2D eigenvalue weighted by Crippen LogP contribution is 2.26. The molecular weight excluding hydrogens is 337 g/mol. The quantitative estimate of drug-likeness (QED) is 0.793. The molecule has 1 aromatic carbocycles. The molecule has 0 spiro atoms. The average Bonchev–Trinajstić information content (AvgIpc) is 2.85. The van der Waals surface area contributed by atoms with Crippen LogP contribution in [-0.4, -0.2) is 6.54 Å². The van der Waals surface area contributed by atoms with Gasteiger partial charge in [-0.3, -0.25) is 0 Å². The Labute approximate surface area is 132 Å². The van der Waals surface area contributed by atoms with Crippen molar-refractivity contribution in [1.82, 2.24) is 5.32 Å². The first-order valence-electron chi connectivity index (χ1n) is 6.90. The monoisotopic (exact) mass is 355 g/mol. The van der Waals surface area contributed by atoms with Gasteiger partial charge in [0, 0.05) is 5.56 Å². The second-order valence-electron chi connectivity index (χ2n) is 5.26. The van der Waals surface area contributed by atoms with Gasteiger partial charge in [0.1, 0.15) is 23.9 Å². The third kappa shape index (κ3) is 4.86. The third-order valence-electron chi connectivity index (χ3n) is 2.95. The Morgan fingerprint density at radius 2 is 2.14 bits per heavy atom. The number of furan rings is 1. The summed E-state index contributed by atoms with van der Waals surface area (Å²) in [6.07, 6.45) is 1.66. The van der Waals surface area contributed by atoms with E-state index >= 15 is 0 Å². The molecule has 0 radical (unpaired) electrons. The summed E-state index contributed by atoms with van der Waals surface area (Å²) in [6.45, 7) is 6.31. The molecule has 0 aliphatic carbocycles. The molecule has 3 nitrogen and oxygen atoms in total. The van der Waals surface area contributed by atoms with Crippen molar-refractivity contribution in [2.24, 2.45) is 5.92 Å². The van der Waals surface area contributed by atoms with Gasteiger partial charge in [0.05, 0.1) is 17.3 Å². The molecule has 0 amide bonds. The van der Waals surface area contributed by atoms with Gasteiger partial charge in [-0.25, -0.2) is 4.39 Å². The van der Waals surface area contributed by atoms with Crippen molar-refractivity contribution in [2.45, 2.75) is 27.0 Å². The van der Waals surface area contributed by atoms with Crippen molar-refractivity contribution in [3.05, 3.63) is 52.1 Å². The van der Waals surface area contributed by atoms with E-state index in [0.29, 0.717) is 29.3 Å². The summed E-state index contributed by atoms with van der Waals surface area (Å²) in [5, 5.41) is 3.34. The second-order valence-corrected chi connectivity index (χ2v) is 6.11. The maximum Gasteiger partial charge on any atom is 0.134 e. The zero-order valence-electron chi connectivity index (χ0n) is 12.2. The Morgan fingerprint density at radius 1 is 1.33 bits per heavy atom. The van der Waals surface area contributed by atoms with E-state index in [4.69, 9.17) is 9.15 Å². The van der Waals surface area contributed by atoms with Crippen LogP contribution in [0.5, 0.6) is 5.75 Å². The van der Waals surface area contributed by atoms with Crippen LogP contribution >= 0.6 is 15.9 Å². The molecule has 1 heterocycles. The Balaban J connectivity index is 1.92. The van der Waals surface area contributed by atoms with Gasteiger partial charge in [-0.05, 0) is 52.7 Å². The minimum Gasteiger partial charge on any atom is -0.488 e. The smallest absolute Gasteiger partial charge is 0.134 e. The molecule has 2 rings (SSSR count). The summed E-state index contributed by atoms with van der Waals surface area (Å²) in [6, 6.07) is 6.26. The fraction of sp³-hybridized carbons (Fsp3) is 0.375. The molecule has 0 unspecified atom stereocenters. The number of benzene rings is 1. The fourth-order valence-corrected chi connectivity index (χ4v) is 2.34. The SMILES string of the molecule is CC(C)CNCc1occc1COc1ccc(F)cc1Br. The lowest BCUT2D eigenvalue weighted by atomic mass is 10.2. The van der Waals surface area contributed by atoms with Gasteiger partial charge in [0.2, 0.25) is 0 Å². The third-order valence-corrected chi connectivity index (χ3v) is 3.57. The van der Waals surface area contributed by atoms with Gasteiger partial charge in [0.15, 0.2) is 0 Å². The van der Waals surface area contributed by atoms with Crippen LogP contribution in [0.3, 0.4) is 0 Å². The summed E-state index contributed by atoms with van der Waals surface area (Å²) in [4.78, 5) is 0. The second kappa shape index (κ2) is 7.61. The fourth-order valence-electron chi connectivity index (χ4n) is 1.87. The zero-order chi connectivity index (χ0) is 15.2. The topological polar surface area (TPSA) is 34.4 Å². The van der Waals surface area contributed by atoms with E-state index in [1.54, 1.807) is 12.3 Å². The van der Waals surface area contributed by atoms with E-state index in [1.807, 2.05) is 6.07 Å². The van der Waals surface area contributed by atoms with Gasteiger partial charge >= 0.3 is 0 Å². The molecule has 1 aromatic heterocycles. The first kappa shape index (κ1) is 16.0. The lowest BCUT2D eigenvalue weighted by molar-refractivity contribution is 0.298. The van der Waals surface area contributed by atoms with Gasteiger partial charge in [0.25, 0.3) is 0 Å². The normalized spacial score (nSPS) is 11.1. The standard InChI is InChI=1S/C16H19BrFNO2/c1-11(2)8-19-9-16-12(5-6-20-16)10-21-15-4-3-13(18)7-14(15)17/h3-7,11,19H,8-10H2,1-2H3. The Morgan fingerprint density at radius 3 is 2.86 bits per heavy atom. The molecule has 114 valence electrons. The Hall–Kier alpha value is -1.33. The van der Waals surface area contributed by atoms with E-state index < -0.39 is 0 Å². The number of hydrogen-bond donors (Lipinski definition) is 1. The first-order chi connectivity index (χ1) is 10.1. The van der Waals surface area contributed by atoms with E-state index in [1.165, 1.54) is 12.1 Å². The van der Waals surface area contributed by atoms with Crippen molar-refractivity contribution in [3.63, 3.8) is 0 Å². The molecule has 0 aliphatic heterocycles. The van der Waals surface area contributed by atoms with Gasteiger partial charge in [-0.1, -0.05) is 13.8 Å². The Bertz CT molecular complexity index is 583. The van der Waals surface area contributed by atoms with Gasteiger partial charge in [-0.2, -0.15) is 0 Å². The van der Waals surface area contributed by atoms with E-state index in [-0.39, 0.29) is 5.82 Å². The lowest BCUT2D eigenvalue weighted by Crippen LogP contribution is -2.19. The highest BCUT2D eigenvalue weighted by atomic mass is 79.9. The predicted molar refractivity (Wildman–Crippen MR) is 83.7 cm³/mol. The largest absolute Gasteiger partial charge is 0.488 e. The molecule has 0 bridgehead atoms. The van der Waals surface area contributed by atoms with Crippen LogP contribution in [0.1, 0.15) is 25.2 Å². The van der Waals surface area contributed by atoms with Crippen LogP contribution in [-0.2, 0) is 13.2 Å². The number of nitrogens with one attached hydrogen (secondary N) is 1. The molecule has 0 saturated carbocycles. The van der Waals surface area contributed by atoms with Crippen molar-refractivity contribution in [1.29, 1.82) is 0 Å². The van der Waals surface area contributed by atoms with Crippen molar-refractivity contribution >= 4 is 15.9 Å². The maximum atomic E-state index is 13.0. The van der Waals surface area contributed by atoms with Crippen molar-refractivity contribution in [2.75, 3.05) is 6.54 Å². The molecule has 2 aromatic rings. The maximum absolute atomic E-state index is 13.0. The molecule has 0 fully saturated rings. The van der Waals surface area contributed by atoms with Crippen LogP contribution in [0, 0.1) is 11.7 Å². The van der Waals surface area contributed by atoms with Crippen molar-refractivity contribution < 1.29 is 13.5 Å². The summed E-state index contributed by atoms with van der Waals surface area (Å²) in [5.41, 5.74) is 0.988. The van der Waals surface area contributed by atoms with E-state index in [0.717, 1.165) is 17.9 Å². The first-order valence-corrected chi connectivity index (χ1v) is 7.69. The number of ether oxygens (including phenoxy) is 1. The molecule has 5 heteroatoms. The number of halogens is 2. The van der Waals surface area contributed by atoms with Gasteiger partial charge < -0.3 is 14.5 Å². The van der Waals surface area contributed by atoms with E-state index in [2.05, 4.69) is 35.1 Å². The molecular formula is C16H19BrFNO2. The molecule has 0 atom stereocenters. The average molecular weight is 356 g/mol. The van der Waals surface area contributed by atoms with Crippen LogP contribution in [0.25, 0.3) is 0 Å². The molecule has 0 saturated heterocycles. The van der Waals surface area contributed by atoms with Crippen LogP contribution < -0.4 is 10.1 Å². The molecule has 21 heavy (non-hydrogen) atoms. The summed E-state index contributed by atoms with van der Waals surface area (Å²) < 4.78 is 24.8. The molecule has 0 aliphatic rings.